The first-order valence-electron chi connectivity index (χ1n) is 14.9. The van der Waals surface area contributed by atoms with Crippen LogP contribution in [0.5, 0.6) is 0 Å². The Bertz CT molecular complexity index is 2470. The highest BCUT2D eigenvalue weighted by Gasteiger charge is 2.20. The minimum absolute atomic E-state index is 0.714. The van der Waals surface area contributed by atoms with Gasteiger partial charge >= 0.3 is 0 Å². The van der Waals surface area contributed by atoms with E-state index in [1.54, 1.807) is 11.3 Å². The topological polar surface area (TPSA) is 38.9 Å². The molecule has 0 aliphatic carbocycles. The van der Waals surface area contributed by atoms with E-state index < -0.39 is 0 Å². The van der Waals surface area contributed by atoms with Crippen molar-refractivity contribution in [2.24, 2.45) is 0 Å². The molecule has 10 rings (SSSR count). The zero-order valence-electron chi connectivity index (χ0n) is 23.8. The maximum Gasteiger partial charge on any atom is 0.161 e. The summed E-state index contributed by atoms with van der Waals surface area (Å²) in [5.41, 5.74) is 6.57. The zero-order valence-corrected chi connectivity index (χ0v) is 25.5. The van der Waals surface area contributed by atoms with E-state index in [1.807, 2.05) is 23.5 Å². The quantitative estimate of drug-likeness (QED) is 0.200. The van der Waals surface area contributed by atoms with Gasteiger partial charge in [0.2, 0.25) is 0 Å². The Hall–Kier alpha value is -5.36. The van der Waals surface area contributed by atoms with E-state index in [0.29, 0.717) is 5.82 Å². The van der Waals surface area contributed by atoms with Gasteiger partial charge in [-0.25, -0.2) is 9.97 Å². The molecular formula is C40H22N2OS2. The van der Waals surface area contributed by atoms with Gasteiger partial charge in [-0.15, -0.1) is 22.7 Å². The Labute approximate surface area is 265 Å². The van der Waals surface area contributed by atoms with Gasteiger partial charge in [0, 0.05) is 67.8 Å². The number of hydrogen-bond acceptors (Lipinski definition) is 5. The van der Waals surface area contributed by atoms with Crippen LogP contribution in [-0.4, -0.2) is 9.97 Å². The number of nitrogens with zero attached hydrogens (tertiary/aromatic N) is 2. The molecule has 0 unspecified atom stereocenters. The molecule has 0 radical (unpaired) electrons. The van der Waals surface area contributed by atoms with Gasteiger partial charge in [-0.05, 0) is 36.4 Å². The summed E-state index contributed by atoms with van der Waals surface area (Å²) in [5.74, 6) is 0.714. The molecule has 5 heteroatoms. The van der Waals surface area contributed by atoms with Gasteiger partial charge in [-0.2, -0.15) is 0 Å². The number of para-hydroxylation sites is 2. The lowest BCUT2D eigenvalue weighted by molar-refractivity contribution is 0.670. The van der Waals surface area contributed by atoms with Gasteiger partial charge in [0.05, 0.1) is 11.4 Å². The Balaban J connectivity index is 1.29. The number of benzene rings is 6. The molecule has 0 spiro atoms. The molecule has 6 aromatic carbocycles. The largest absolute Gasteiger partial charge is 0.455 e. The monoisotopic (exact) mass is 610 g/mol. The van der Waals surface area contributed by atoms with Gasteiger partial charge in [0.25, 0.3) is 0 Å². The van der Waals surface area contributed by atoms with Crippen LogP contribution in [0.2, 0.25) is 0 Å². The Morgan fingerprint density at radius 1 is 0.422 bits per heavy atom. The van der Waals surface area contributed by atoms with Crippen LogP contribution in [0.4, 0.5) is 0 Å². The van der Waals surface area contributed by atoms with E-state index in [4.69, 9.17) is 14.4 Å². The van der Waals surface area contributed by atoms with Crippen molar-refractivity contribution in [1.82, 2.24) is 9.97 Å². The molecule has 0 bridgehead atoms. The summed E-state index contributed by atoms with van der Waals surface area (Å²) in [4.78, 5) is 10.6. The molecule has 4 aromatic heterocycles. The lowest BCUT2D eigenvalue weighted by atomic mass is 10.0. The fourth-order valence-corrected chi connectivity index (χ4v) is 9.10. The summed E-state index contributed by atoms with van der Waals surface area (Å²) in [5, 5.41) is 7.21. The number of furan rings is 1. The number of thiophene rings is 2. The van der Waals surface area contributed by atoms with E-state index in [1.165, 1.54) is 40.3 Å². The molecule has 0 aliphatic heterocycles. The van der Waals surface area contributed by atoms with Gasteiger partial charge in [0.1, 0.15) is 11.2 Å². The third kappa shape index (κ3) is 3.75. The standard InChI is InChI=1S/C40H22N2OS2/c1-4-19-34-23(10-1)26-13-7-16-29(37(26)43-34)32-22-33(30-17-8-14-27-24-11-2-5-20-35(24)44-38(27)30)42-40(41-32)31-18-9-15-28-25-12-3-6-21-36(25)45-39(28)31/h1-22H. The maximum absolute atomic E-state index is 6.49. The first kappa shape index (κ1) is 25.0. The second kappa shape index (κ2) is 9.57. The molecule has 0 aliphatic rings. The van der Waals surface area contributed by atoms with E-state index in [9.17, 15) is 0 Å². The summed E-state index contributed by atoms with van der Waals surface area (Å²) in [6, 6.07) is 47.0. The predicted molar refractivity (Wildman–Crippen MR) is 191 cm³/mol. The van der Waals surface area contributed by atoms with Crippen LogP contribution in [0.15, 0.2) is 138 Å². The van der Waals surface area contributed by atoms with Crippen LogP contribution in [-0.2, 0) is 0 Å². The zero-order chi connectivity index (χ0) is 29.5. The summed E-state index contributed by atoms with van der Waals surface area (Å²) in [6.07, 6.45) is 0. The average Bonchev–Trinajstić information content (AvgIpc) is 3.79. The fraction of sp³-hybridized carbons (Fsp3) is 0. The summed E-state index contributed by atoms with van der Waals surface area (Å²) in [6.45, 7) is 0. The SMILES string of the molecule is c1ccc2c(c1)oc1c(-c3cc(-c4cccc5c4sc4ccccc45)nc(-c4cccc5c4sc4ccccc45)n3)cccc12. The minimum Gasteiger partial charge on any atom is -0.455 e. The van der Waals surface area contributed by atoms with Crippen molar-refractivity contribution in [2.75, 3.05) is 0 Å². The van der Waals surface area contributed by atoms with Crippen molar-refractivity contribution in [2.45, 2.75) is 0 Å². The van der Waals surface area contributed by atoms with Crippen molar-refractivity contribution in [1.29, 1.82) is 0 Å². The molecule has 45 heavy (non-hydrogen) atoms. The highest BCUT2D eigenvalue weighted by atomic mass is 32.1. The molecule has 3 nitrogen and oxygen atoms in total. The lowest BCUT2D eigenvalue weighted by Crippen LogP contribution is -1.96. The lowest BCUT2D eigenvalue weighted by Gasteiger charge is -2.11. The number of hydrogen-bond donors (Lipinski definition) is 0. The van der Waals surface area contributed by atoms with E-state index >= 15 is 0 Å². The van der Waals surface area contributed by atoms with Crippen molar-refractivity contribution in [3.8, 4) is 33.9 Å². The predicted octanol–water partition coefficient (Wildman–Crippen LogP) is 12.1. The van der Waals surface area contributed by atoms with Crippen LogP contribution in [0.25, 0.3) is 96.2 Å². The van der Waals surface area contributed by atoms with Crippen molar-refractivity contribution < 1.29 is 4.42 Å². The van der Waals surface area contributed by atoms with Crippen LogP contribution in [0, 0.1) is 0 Å². The van der Waals surface area contributed by atoms with Gasteiger partial charge in [-0.1, -0.05) is 97.1 Å². The molecule has 0 N–H and O–H groups in total. The highest BCUT2D eigenvalue weighted by Crippen LogP contribution is 2.43. The van der Waals surface area contributed by atoms with E-state index in [-0.39, 0.29) is 0 Å². The summed E-state index contributed by atoms with van der Waals surface area (Å²) in [7, 11) is 0. The normalized spacial score (nSPS) is 12.0. The van der Waals surface area contributed by atoms with Crippen molar-refractivity contribution in [3.63, 3.8) is 0 Å². The number of fused-ring (bicyclic) bond motifs is 9. The minimum atomic E-state index is 0.714. The van der Waals surface area contributed by atoms with Crippen molar-refractivity contribution >= 4 is 85.0 Å². The molecule has 0 atom stereocenters. The third-order valence-electron chi connectivity index (χ3n) is 8.73. The average molecular weight is 611 g/mol. The molecule has 4 heterocycles. The summed E-state index contributed by atoms with van der Waals surface area (Å²) >= 11 is 3.62. The van der Waals surface area contributed by atoms with Crippen LogP contribution >= 0.6 is 22.7 Å². The third-order valence-corrected chi connectivity index (χ3v) is 11.2. The Kier molecular flexibility index (Phi) is 5.32. The maximum atomic E-state index is 6.49. The fourth-order valence-electron chi connectivity index (χ4n) is 6.66. The van der Waals surface area contributed by atoms with Crippen LogP contribution in [0.1, 0.15) is 0 Å². The highest BCUT2D eigenvalue weighted by molar-refractivity contribution is 7.26. The van der Waals surface area contributed by atoms with E-state index in [2.05, 4.69) is 121 Å². The molecular weight excluding hydrogens is 589 g/mol. The smallest absolute Gasteiger partial charge is 0.161 e. The number of aromatic nitrogens is 2. The second-order valence-electron chi connectivity index (χ2n) is 11.3. The Morgan fingerprint density at radius 2 is 0.933 bits per heavy atom. The Morgan fingerprint density at radius 3 is 1.64 bits per heavy atom. The number of rotatable bonds is 3. The van der Waals surface area contributed by atoms with Gasteiger partial charge in [0.15, 0.2) is 5.82 Å². The molecule has 10 aromatic rings. The van der Waals surface area contributed by atoms with E-state index in [0.717, 1.165) is 50.0 Å². The molecule has 0 amide bonds. The van der Waals surface area contributed by atoms with Gasteiger partial charge < -0.3 is 4.42 Å². The summed E-state index contributed by atoms with van der Waals surface area (Å²) < 4.78 is 11.5. The second-order valence-corrected chi connectivity index (χ2v) is 13.4. The van der Waals surface area contributed by atoms with Crippen LogP contribution < -0.4 is 0 Å². The molecule has 0 fully saturated rings. The first-order chi connectivity index (χ1) is 22.3. The van der Waals surface area contributed by atoms with Crippen LogP contribution in [0.3, 0.4) is 0 Å². The molecule has 0 saturated heterocycles. The first-order valence-corrected chi connectivity index (χ1v) is 16.5. The molecule has 0 saturated carbocycles. The van der Waals surface area contributed by atoms with Crippen molar-refractivity contribution in [3.05, 3.63) is 133 Å². The van der Waals surface area contributed by atoms with Gasteiger partial charge in [-0.3, -0.25) is 0 Å². The molecule has 210 valence electrons.